The largest absolute Gasteiger partial charge is 0.424 e. The van der Waals surface area contributed by atoms with Crippen LogP contribution in [0.15, 0.2) is 48.7 Å². The van der Waals surface area contributed by atoms with Crippen molar-refractivity contribution in [3.8, 4) is 11.4 Å². The van der Waals surface area contributed by atoms with Crippen LogP contribution in [0.1, 0.15) is 39.4 Å². The molecule has 0 fully saturated rings. The molecule has 0 amide bonds. The molecule has 3 aromatic heterocycles. The average Bonchev–Trinajstić information content (AvgIpc) is 3.30. The molecule has 168 valence electrons. The van der Waals surface area contributed by atoms with E-state index in [-0.39, 0.29) is 17.8 Å². The Bertz CT molecular complexity index is 1530. The summed E-state index contributed by atoms with van der Waals surface area (Å²) in [6.45, 7) is 7.77. The van der Waals surface area contributed by atoms with Crippen LogP contribution >= 0.6 is 23.2 Å². The number of hydrogen-bond donors (Lipinski definition) is 0. The molecule has 0 N–H and O–H groups in total. The van der Waals surface area contributed by atoms with Gasteiger partial charge in [0.2, 0.25) is 0 Å². The van der Waals surface area contributed by atoms with Gasteiger partial charge in [-0.2, -0.15) is 0 Å². The van der Waals surface area contributed by atoms with Gasteiger partial charge in [-0.3, -0.25) is 13.8 Å². The van der Waals surface area contributed by atoms with Crippen molar-refractivity contribution in [1.29, 1.82) is 0 Å². The third-order valence-electron chi connectivity index (χ3n) is 5.50. The third-order valence-corrected chi connectivity index (χ3v) is 5.94. The standard InChI is InChI=1S/C25H22Cl2N4O2/c1-13(2)22-29-23-21(24-28-18-7-5-6-8-19(18)31(22)24)20(33-25(32)14(3)4)12-30(23)17-10-15(26)9-16(27)11-17/h5-14H,1-4H3. The van der Waals surface area contributed by atoms with E-state index in [0.29, 0.717) is 38.2 Å². The summed E-state index contributed by atoms with van der Waals surface area (Å²) in [6.07, 6.45) is 1.75. The minimum absolute atomic E-state index is 0.113. The molecule has 3 heterocycles. The summed E-state index contributed by atoms with van der Waals surface area (Å²) in [4.78, 5) is 22.5. The van der Waals surface area contributed by atoms with Crippen molar-refractivity contribution < 1.29 is 9.53 Å². The minimum Gasteiger partial charge on any atom is -0.424 e. The molecule has 5 rings (SSSR count). The molecule has 0 bridgehead atoms. The van der Waals surface area contributed by atoms with E-state index in [1.54, 1.807) is 38.2 Å². The highest BCUT2D eigenvalue weighted by Crippen LogP contribution is 2.37. The van der Waals surface area contributed by atoms with E-state index in [9.17, 15) is 4.79 Å². The monoisotopic (exact) mass is 480 g/mol. The summed E-state index contributed by atoms with van der Waals surface area (Å²) in [7, 11) is 0. The fourth-order valence-corrected chi connectivity index (χ4v) is 4.46. The molecule has 33 heavy (non-hydrogen) atoms. The number of fused-ring (bicyclic) bond motifs is 5. The quantitative estimate of drug-likeness (QED) is 0.264. The first kappa shape index (κ1) is 21.7. The average molecular weight is 481 g/mol. The van der Waals surface area contributed by atoms with Crippen molar-refractivity contribution in [2.75, 3.05) is 0 Å². The summed E-state index contributed by atoms with van der Waals surface area (Å²) in [5.41, 5.74) is 3.81. The number of carbonyl (C=O) groups is 1. The molecule has 6 nitrogen and oxygen atoms in total. The Morgan fingerprint density at radius 1 is 0.970 bits per heavy atom. The summed E-state index contributed by atoms with van der Waals surface area (Å²) in [5, 5.41) is 1.65. The zero-order chi connectivity index (χ0) is 23.4. The van der Waals surface area contributed by atoms with Gasteiger partial charge in [0.05, 0.1) is 28.8 Å². The Balaban J connectivity index is 1.94. The maximum atomic E-state index is 12.6. The number of aromatic nitrogens is 4. The Morgan fingerprint density at radius 3 is 2.33 bits per heavy atom. The first-order valence-electron chi connectivity index (χ1n) is 10.7. The van der Waals surface area contributed by atoms with Gasteiger partial charge in [-0.25, -0.2) is 9.97 Å². The van der Waals surface area contributed by atoms with Gasteiger partial charge in [0.1, 0.15) is 11.2 Å². The predicted octanol–water partition coefficient (Wildman–Crippen LogP) is 6.82. The second-order valence-electron chi connectivity index (χ2n) is 8.65. The molecule has 0 atom stereocenters. The molecule has 0 unspecified atom stereocenters. The predicted molar refractivity (Wildman–Crippen MR) is 132 cm³/mol. The SMILES string of the molecule is CC(C)C(=O)Oc1cn(-c2cc(Cl)cc(Cl)c2)c2nc(C(C)C)n3c4ccccc4nc3c12. The van der Waals surface area contributed by atoms with Gasteiger partial charge in [-0.05, 0) is 30.3 Å². The first-order valence-corrected chi connectivity index (χ1v) is 11.5. The van der Waals surface area contributed by atoms with Gasteiger partial charge in [-0.15, -0.1) is 0 Å². The summed E-state index contributed by atoms with van der Waals surface area (Å²) < 4.78 is 9.73. The molecule has 0 saturated heterocycles. The molecular formula is C25H22Cl2N4O2. The second-order valence-corrected chi connectivity index (χ2v) is 9.52. The Labute approximate surface area is 200 Å². The van der Waals surface area contributed by atoms with E-state index < -0.39 is 0 Å². The van der Waals surface area contributed by atoms with Gasteiger partial charge in [-0.1, -0.05) is 63.0 Å². The lowest BCUT2D eigenvalue weighted by atomic mass is 10.2. The van der Waals surface area contributed by atoms with E-state index >= 15 is 0 Å². The topological polar surface area (TPSA) is 61.4 Å². The van der Waals surface area contributed by atoms with Crippen molar-refractivity contribution in [3.05, 3.63) is 64.5 Å². The maximum Gasteiger partial charge on any atom is 0.313 e. The van der Waals surface area contributed by atoms with Crippen LogP contribution < -0.4 is 4.74 Å². The lowest BCUT2D eigenvalue weighted by molar-refractivity contribution is -0.137. The fraction of sp³-hybridized carbons (Fsp3) is 0.240. The number of rotatable bonds is 4. The minimum atomic E-state index is -0.333. The van der Waals surface area contributed by atoms with Crippen LogP contribution in [0.3, 0.4) is 0 Å². The Morgan fingerprint density at radius 2 is 1.67 bits per heavy atom. The molecule has 0 aliphatic heterocycles. The van der Waals surface area contributed by atoms with E-state index in [1.165, 1.54) is 0 Å². The van der Waals surface area contributed by atoms with Gasteiger partial charge >= 0.3 is 5.97 Å². The van der Waals surface area contributed by atoms with E-state index in [0.717, 1.165) is 16.9 Å². The molecule has 2 aromatic carbocycles. The number of esters is 1. The first-order chi connectivity index (χ1) is 15.7. The number of carbonyl (C=O) groups excluding carboxylic acids is 1. The highest BCUT2D eigenvalue weighted by molar-refractivity contribution is 6.34. The van der Waals surface area contributed by atoms with Crippen LogP contribution in [-0.2, 0) is 4.79 Å². The molecule has 5 aromatic rings. The summed E-state index contributed by atoms with van der Waals surface area (Å²) in [5.74, 6) is 0.730. The normalized spacial score (nSPS) is 12.0. The van der Waals surface area contributed by atoms with Crippen LogP contribution in [0.2, 0.25) is 10.0 Å². The number of hydrogen-bond acceptors (Lipinski definition) is 4. The molecule has 8 heteroatoms. The maximum absolute atomic E-state index is 12.6. The second kappa shape index (κ2) is 8.04. The molecule has 0 spiro atoms. The van der Waals surface area contributed by atoms with Gasteiger partial charge in [0, 0.05) is 16.0 Å². The number of nitrogens with zero attached hydrogens (tertiary/aromatic N) is 4. The van der Waals surface area contributed by atoms with Crippen molar-refractivity contribution >= 4 is 56.9 Å². The van der Waals surface area contributed by atoms with Crippen LogP contribution in [0, 0.1) is 5.92 Å². The lowest BCUT2D eigenvalue weighted by Gasteiger charge is -2.12. The van der Waals surface area contributed by atoms with Crippen molar-refractivity contribution in [3.63, 3.8) is 0 Å². The zero-order valence-electron chi connectivity index (χ0n) is 18.6. The number of para-hydroxylation sites is 2. The number of ether oxygens (including phenoxy) is 1. The van der Waals surface area contributed by atoms with Gasteiger partial charge < -0.3 is 4.74 Å². The van der Waals surface area contributed by atoms with Crippen LogP contribution in [-0.4, -0.2) is 24.9 Å². The van der Waals surface area contributed by atoms with Crippen molar-refractivity contribution in [2.24, 2.45) is 5.92 Å². The van der Waals surface area contributed by atoms with Crippen LogP contribution in [0.25, 0.3) is 33.4 Å². The molecule has 0 aliphatic carbocycles. The highest BCUT2D eigenvalue weighted by Gasteiger charge is 2.24. The fourth-order valence-electron chi connectivity index (χ4n) is 3.94. The molecule has 0 aliphatic rings. The number of halogens is 2. The van der Waals surface area contributed by atoms with Crippen molar-refractivity contribution in [1.82, 2.24) is 18.9 Å². The van der Waals surface area contributed by atoms with E-state index in [1.807, 2.05) is 33.2 Å². The number of benzene rings is 2. The van der Waals surface area contributed by atoms with E-state index in [2.05, 4.69) is 13.8 Å². The Hall–Kier alpha value is -3.09. The van der Waals surface area contributed by atoms with Crippen LogP contribution in [0.4, 0.5) is 0 Å². The van der Waals surface area contributed by atoms with Crippen molar-refractivity contribution in [2.45, 2.75) is 33.6 Å². The van der Waals surface area contributed by atoms with Gasteiger partial charge in [0.25, 0.3) is 0 Å². The molecule has 0 radical (unpaired) electrons. The lowest BCUT2D eigenvalue weighted by Crippen LogP contribution is -2.14. The molecule has 0 saturated carbocycles. The van der Waals surface area contributed by atoms with Gasteiger partial charge in [0.15, 0.2) is 17.0 Å². The smallest absolute Gasteiger partial charge is 0.313 e. The van der Waals surface area contributed by atoms with Crippen LogP contribution in [0.5, 0.6) is 5.75 Å². The molecular weight excluding hydrogens is 459 g/mol. The summed E-state index contributed by atoms with van der Waals surface area (Å²) >= 11 is 12.6. The number of imidazole rings is 1. The summed E-state index contributed by atoms with van der Waals surface area (Å²) in [6, 6.07) is 13.2. The van der Waals surface area contributed by atoms with E-state index in [4.69, 9.17) is 37.9 Å². The zero-order valence-corrected chi connectivity index (χ0v) is 20.1. The third kappa shape index (κ3) is 3.63. The highest BCUT2D eigenvalue weighted by atomic mass is 35.5. The Kier molecular flexibility index (Phi) is 5.30.